The molecule has 1 spiro atoms. The lowest BCUT2D eigenvalue weighted by molar-refractivity contribution is -0.124. The third-order valence-electron chi connectivity index (χ3n) is 4.61. The lowest BCUT2D eigenvalue weighted by Gasteiger charge is -2.45. The van der Waals surface area contributed by atoms with E-state index >= 15 is 0 Å². The third kappa shape index (κ3) is 3.00. The molecule has 2 rings (SSSR count). The van der Waals surface area contributed by atoms with Crippen LogP contribution in [0.3, 0.4) is 0 Å². The Labute approximate surface area is 123 Å². The summed E-state index contributed by atoms with van der Waals surface area (Å²) in [6.07, 6.45) is 4.15. The zero-order chi connectivity index (χ0) is 15.0. The Balaban J connectivity index is 2.16. The Morgan fingerprint density at radius 2 is 2.15 bits per heavy atom. The Kier molecular flexibility index (Phi) is 4.43. The predicted octanol–water partition coefficient (Wildman–Crippen LogP) is 3.50. The van der Waals surface area contributed by atoms with Gasteiger partial charge in [-0.1, -0.05) is 18.2 Å². The average molecular weight is 280 g/mol. The van der Waals surface area contributed by atoms with Gasteiger partial charge in [0.1, 0.15) is 5.60 Å². The molecule has 0 aromatic heterocycles. The fourth-order valence-corrected chi connectivity index (χ4v) is 3.41. The highest BCUT2D eigenvalue weighted by molar-refractivity contribution is 5.21. The van der Waals surface area contributed by atoms with E-state index in [-0.39, 0.29) is 23.2 Å². The molecule has 3 nitrogen and oxygen atoms in total. The molecule has 114 valence electrons. The van der Waals surface area contributed by atoms with Crippen LogP contribution in [0, 0.1) is 5.92 Å². The fourth-order valence-electron chi connectivity index (χ4n) is 3.41. The molecular formula is C17H28O3. The quantitative estimate of drug-likeness (QED) is 0.570. The Morgan fingerprint density at radius 1 is 1.50 bits per heavy atom. The molecule has 0 radical (unpaired) electrons. The second-order valence-corrected chi connectivity index (χ2v) is 6.84. The van der Waals surface area contributed by atoms with Gasteiger partial charge in [-0.25, -0.2) is 0 Å². The molecule has 2 fully saturated rings. The molecule has 0 aromatic carbocycles. The van der Waals surface area contributed by atoms with Gasteiger partial charge < -0.3 is 14.2 Å². The minimum absolute atomic E-state index is 0.0213. The van der Waals surface area contributed by atoms with Gasteiger partial charge in [0.25, 0.3) is 0 Å². The molecule has 3 atom stereocenters. The van der Waals surface area contributed by atoms with Gasteiger partial charge in [0.05, 0.1) is 24.9 Å². The summed E-state index contributed by atoms with van der Waals surface area (Å²) in [6.45, 7) is 14.1. The maximum atomic E-state index is 6.16. The standard InChI is InChI=1S/C17H28O3/c1-12(2)8-10-19-16(4,5)15-14(18-6)13(3)7-9-17(15)11-20-17/h8,14-15H,3,7,9-11H2,1-2,4-6H3/t14-,15-,17+/m1/s1. The van der Waals surface area contributed by atoms with E-state index in [2.05, 4.69) is 40.3 Å². The highest BCUT2D eigenvalue weighted by Gasteiger charge is 2.62. The molecule has 0 aromatic rings. The Hall–Kier alpha value is -0.640. The number of epoxide rings is 1. The van der Waals surface area contributed by atoms with Gasteiger partial charge >= 0.3 is 0 Å². The summed E-state index contributed by atoms with van der Waals surface area (Å²) < 4.78 is 17.7. The average Bonchev–Trinajstić information content (AvgIpc) is 3.11. The molecule has 1 aliphatic carbocycles. The van der Waals surface area contributed by atoms with Crippen LogP contribution in [0.25, 0.3) is 0 Å². The first-order chi connectivity index (χ1) is 9.32. The topological polar surface area (TPSA) is 31.0 Å². The maximum Gasteiger partial charge on any atom is 0.100 e. The fraction of sp³-hybridized carbons (Fsp3) is 0.765. The summed E-state index contributed by atoms with van der Waals surface area (Å²) >= 11 is 0. The van der Waals surface area contributed by atoms with E-state index in [1.165, 1.54) is 5.57 Å². The van der Waals surface area contributed by atoms with Crippen molar-refractivity contribution < 1.29 is 14.2 Å². The van der Waals surface area contributed by atoms with Crippen LogP contribution < -0.4 is 0 Å². The Bertz CT molecular complexity index is 400. The highest BCUT2D eigenvalue weighted by atomic mass is 16.6. The van der Waals surface area contributed by atoms with Crippen molar-refractivity contribution in [1.82, 2.24) is 0 Å². The summed E-state index contributed by atoms with van der Waals surface area (Å²) in [7, 11) is 1.76. The monoisotopic (exact) mass is 280 g/mol. The van der Waals surface area contributed by atoms with E-state index in [0.29, 0.717) is 6.61 Å². The van der Waals surface area contributed by atoms with Gasteiger partial charge in [-0.3, -0.25) is 0 Å². The van der Waals surface area contributed by atoms with Crippen LogP contribution in [0.15, 0.2) is 23.8 Å². The number of hydrogen-bond acceptors (Lipinski definition) is 3. The number of allylic oxidation sites excluding steroid dienone is 1. The van der Waals surface area contributed by atoms with Gasteiger partial charge in [0, 0.05) is 13.0 Å². The van der Waals surface area contributed by atoms with Crippen LogP contribution in [-0.4, -0.2) is 37.6 Å². The number of ether oxygens (including phenoxy) is 3. The zero-order valence-corrected chi connectivity index (χ0v) is 13.5. The van der Waals surface area contributed by atoms with E-state index < -0.39 is 0 Å². The predicted molar refractivity (Wildman–Crippen MR) is 80.8 cm³/mol. The molecule has 20 heavy (non-hydrogen) atoms. The van der Waals surface area contributed by atoms with E-state index in [4.69, 9.17) is 14.2 Å². The molecule has 0 bridgehead atoms. The molecule has 1 aliphatic heterocycles. The Morgan fingerprint density at radius 3 is 2.65 bits per heavy atom. The molecule has 0 N–H and O–H groups in total. The molecular weight excluding hydrogens is 252 g/mol. The molecule has 0 amide bonds. The van der Waals surface area contributed by atoms with Crippen molar-refractivity contribution in [3.63, 3.8) is 0 Å². The minimum atomic E-state index is -0.299. The van der Waals surface area contributed by atoms with E-state index in [0.717, 1.165) is 25.0 Å². The summed E-state index contributed by atoms with van der Waals surface area (Å²) in [5, 5.41) is 0. The van der Waals surface area contributed by atoms with Crippen molar-refractivity contribution in [2.24, 2.45) is 5.92 Å². The van der Waals surface area contributed by atoms with Crippen LogP contribution in [0.5, 0.6) is 0 Å². The maximum absolute atomic E-state index is 6.16. The van der Waals surface area contributed by atoms with Gasteiger partial charge in [-0.05, 0) is 46.1 Å². The summed E-state index contributed by atoms with van der Waals surface area (Å²) in [5.41, 5.74) is 2.08. The zero-order valence-electron chi connectivity index (χ0n) is 13.5. The number of rotatable bonds is 5. The van der Waals surface area contributed by atoms with Crippen LogP contribution in [0.2, 0.25) is 0 Å². The van der Waals surface area contributed by atoms with E-state index in [1.54, 1.807) is 7.11 Å². The molecule has 1 saturated heterocycles. The van der Waals surface area contributed by atoms with Crippen molar-refractivity contribution in [3.8, 4) is 0 Å². The second kappa shape index (κ2) is 5.63. The first-order valence-corrected chi connectivity index (χ1v) is 7.44. The molecule has 0 unspecified atom stereocenters. The SMILES string of the molecule is C=C1CC[C@]2(CO2)[C@@H](C(C)(C)OCC=C(C)C)[C@@H]1OC. The van der Waals surface area contributed by atoms with Crippen LogP contribution >= 0.6 is 0 Å². The first-order valence-electron chi connectivity index (χ1n) is 7.44. The van der Waals surface area contributed by atoms with Crippen LogP contribution in [-0.2, 0) is 14.2 Å². The van der Waals surface area contributed by atoms with Crippen molar-refractivity contribution in [3.05, 3.63) is 23.8 Å². The number of hydrogen-bond donors (Lipinski definition) is 0. The van der Waals surface area contributed by atoms with Gasteiger partial charge in [-0.15, -0.1) is 0 Å². The first kappa shape index (κ1) is 15.7. The lowest BCUT2D eigenvalue weighted by atomic mass is 9.68. The molecule has 2 aliphatic rings. The normalized spacial score (nSPS) is 33.4. The van der Waals surface area contributed by atoms with Gasteiger partial charge in [-0.2, -0.15) is 0 Å². The third-order valence-corrected chi connectivity index (χ3v) is 4.61. The number of methoxy groups -OCH3 is 1. The molecule has 1 heterocycles. The summed E-state index contributed by atoms with van der Waals surface area (Å²) in [6, 6.07) is 0. The second-order valence-electron chi connectivity index (χ2n) is 6.84. The van der Waals surface area contributed by atoms with Gasteiger partial charge in [0.2, 0.25) is 0 Å². The van der Waals surface area contributed by atoms with Crippen molar-refractivity contribution in [2.45, 2.75) is 57.8 Å². The summed E-state index contributed by atoms with van der Waals surface area (Å²) in [5.74, 6) is 0.201. The van der Waals surface area contributed by atoms with E-state index in [9.17, 15) is 0 Å². The van der Waals surface area contributed by atoms with E-state index in [1.807, 2.05) is 0 Å². The molecule has 3 heteroatoms. The lowest BCUT2D eigenvalue weighted by Crippen LogP contribution is -2.53. The van der Waals surface area contributed by atoms with Gasteiger partial charge in [0.15, 0.2) is 0 Å². The minimum Gasteiger partial charge on any atom is -0.377 e. The van der Waals surface area contributed by atoms with Crippen molar-refractivity contribution in [1.29, 1.82) is 0 Å². The molecule has 1 saturated carbocycles. The highest BCUT2D eigenvalue weighted by Crippen LogP contribution is 2.53. The van der Waals surface area contributed by atoms with Crippen LogP contribution in [0.4, 0.5) is 0 Å². The van der Waals surface area contributed by atoms with Crippen LogP contribution in [0.1, 0.15) is 40.5 Å². The summed E-state index contributed by atoms with van der Waals surface area (Å²) in [4.78, 5) is 0. The van der Waals surface area contributed by atoms with Crippen molar-refractivity contribution >= 4 is 0 Å². The largest absolute Gasteiger partial charge is 0.377 e. The van der Waals surface area contributed by atoms with Crippen molar-refractivity contribution in [2.75, 3.05) is 20.3 Å². The smallest absolute Gasteiger partial charge is 0.100 e.